The third-order valence-electron chi connectivity index (χ3n) is 3.35. The number of imidazole rings is 1. The number of rotatable bonds is 3. The van der Waals surface area contributed by atoms with Gasteiger partial charge in [-0.25, -0.2) is 4.98 Å². The second-order valence-electron chi connectivity index (χ2n) is 5.15. The molecule has 0 fully saturated rings. The van der Waals surface area contributed by atoms with E-state index in [2.05, 4.69) is 40.8 Å². The van der Waals surface area contributed by atoms with Crippen molar-refractivity contribution >= 4 is 5.95 Å². The zero-order chi connectivity index (χ0) is 13.2. The second kappa shape index (κ2) is 4.96. The Morgan fingerprint density at radius 2 is 2.21 bits per heavy atom. The monoisotopic (exact) mass is 257 g/mol. The molecule has 0 radical (unpaired) electrons. The standard InChI is InChI=1S/C15H19N3O/c1-11(2)17-15-16-8-9-18(15)13-7-10-19-14-6-4-3-5-12(13)14/h3-6,8-9,11,13H,7,10H2,1-2H3,(H,16,17). The summed E-state index contributed by atoms with van der Waals surface area (Å²) < 4.78 is 7.93. The molecule has 4 nitrogen and oxygen atoms in total. The zero-order valence-corrected chi connectivity index (χ0v) is 11.3. The van der Waals surface area contributed by atoms with Gasteiger partial charge in [-0.05, 0) is 19.9 Å². The fourth-order valence-corrected chi connectivity index (χ4v) is 2.55. The van der Waals surface area contributed by atoms with Gasteiger partial charge in [-0.3, -0.25) is 0 Å². The summed E-state index contributed by atoms with van der Waals surface area (Å²) in [5, 5.41) is 3.39. The molecule has 0 aliphatic carbocycles. The van der Waals surface area contributed by atoms with Gasteiger partial charge >= 0.3 is 0 Å². The van der Waals surface area contributed by atoms with Crippen molar-refractivity contribution in [3.05, 3.63) is 42.2 Å². The van der Waals surface area contributed by atoms with Gasteiger partial charge in [0.25, 0.3) is 0 Å². The lowest BCUT2D eigenvalue weighted by Gasteiger charge is -2.28. The SMILES string of the molecule is CC(C)Nc1nccn1C1CCOc2ccccc21. The van der Waals surface area contributed by atoms with Gasteiger partial charge in [-0.1, -0.05) is 18.2 Å². The Labute approximate surface area is 113 Å². The molecule has 0 bridgehead atoms. The van der Waals surface area contributed by atoms with Crippen molar-refractivity contribution in [3.8, 4) is 5.75 Å². The Kier molecular flexibility index (Phi) is 3.15. The third kappa shape index (κ3) is 2.30. The number of nitrogens with one attached hydrogen (secondary N) is 1. The largest absolute Gasteiger partial charge is 0.493 e. The summed E-state index contributed by atoms with van der Waals surface area (Å²) in [6.07, 6.45) is 4.86. The summed E-state index contributed by atoms with van der Waals surface area (Å²) in [5.41, 5.74) is 1.23. The van der Waals surface area contributed by atoms with Crippen LogP contribution in [0.15, 0.2) is 36.7 Å². The summed E-state index contributed by atoms with van der Waals surface area (Å²) in [6, 6.07) is 8.92. The highest BCUT2D eigenvalue weighted by atomic mass is 16.5. The molecule has 1 aliphatic rings. The molecule has 19 heavy (non-hydrogen) atoms. The number of anilines is 1. The van der Waals surface area contributed by atoms with Crippen LogP contribution in [0.2, 0.25) is 0 Å². The van der Waals surface area contributed by atoms with Crippen LogP contribution in [0.1, 0.15) is 31.9 Å². The van der Waals surface area contributed by atoms with Gasteiger partial charge in [-0.2, -0.15) is 0 Å². The highest BCUT2D eigenvalue weighted by Crippen LogP contribution is 2.35. The first kappa shape index (κ1) is 12.1. The van der Waals surface area contributed by atoms with Crippen LogP contribution in [0.5, 0.6) is 5.75 Å². The normalized spacial score (nSPS) is 17.9. The summed E-state index contributed by atoms with van der Waals surface area (Å²) in [6.45, 7) is 4.99. The van der Waals surface area contributed by atoms with Crippen molar-refractivity contribution in [2.45, 2.75) is 32.4 Å². The number of benzene rings is 1. The van der Waals surface area contributed by atoms with Crippen LogP contribution >= 0.6 is 0 Å². The van der Waals surface area contributed by atoms with Gasteiger partial charge in [0.1, 0.15) is 5.75 Å². The minimum absolute atomic E-state index is 0.300. The molecule has 1 N–H and O–H groups in total. The minimum Gasteiger partial charge on any atom is -0.493 e. The minimum atomic E-state index is 0.300. The number of hydrogen-bond donors (Lipinski definition) is 1. The molecule has 2 aromatic rings. The average Bonchev–Trinajstić information content (AvgIpc) is 2.85. The van der Waals surface area contributed by atoms with Crippen molar-refractivity contribution in [1.82, 2.24) is 9.55 Å². The number of fused-ring (bicyclic) bond motifs is 1. The predicted octanol–water partition coefficient (Wildman–Crippen LogP) is 3.08. The van der Waals surface area contributed by atoms with E-state index in [-0.39, 0.29) is 0 Å². The Hall–Kier alpha value is -1.97. The summed E-state index contributed by atoms with van der Waals surface area (Å²) in [7, 11) is 0. The summed E-state index contributed by atoms with van der Waals surface area (Å²) in [5.74, 6) is 1.92. The molecular formula is C15H19N3O. The van der Waals surface area contributed by atoms with E-state index >= 15 is 0 Å². The van der Waals surface area contributed by atoms with Crippen LogP contribution < -0.4 is 10.1 Å². The molecule has 1 unspecified atom stereocenters. The van der Waals surface area contributed by atoms with Crippen molar-refractivity contribution in [2.24, 2.45) is 0 Å². The molecule has 0 spiro atoms. The quantitative estimate of drug-likeness (QED) is 0.918. The second-order valence-corrected chi connectivity index (χ2v) is 5.15. The van der Waals surface area contributed by atoms with E-state index < -0.39 is 0 Å². The lowest BCUT2D eigenvalue weighted by molar-refractivity contribution is 0.257. The predicted molar refractivity (Wildman–Crippen MR) is 75.7 cm³/mol. The summed E-state index contributed by atoms with van der Waals surface area (Å²) >= 11 is 0. The van der Waals surface area contributed by atoms with E-state index in [0.29, 0.717) is 12.1 Å². The number of aromatic nitrogens is 2. The van der Waals surface area contributed by atoms with Crippen LogP contribution in [0, 0.1) is 0 Å². The number of hydrogen-bond acceptors (Lipinski definition) is 3. The van der Waals surface area contributed by atoms with Gasteiger partial charge in [-0.15, -0.1) is 0 Å². The molecule has 1 aliphatic heterocycles. The molecule has 1 aromatic carbocycles. The third-order valence-corrected chi connectivity index (χ3v) is 3.35. The number of para-hydroxylation sites is 1. The first-order valence-corrected chi connectivity index (χ1v) is 6.77. The van der Waals surface area contributed by atoms with E-state index in [1.807, 2.05) is 24.5 Å². The number of nitrogens with zero attached hydrogens (tertiary/aromatic N) is 2. The molecule has 100 valence electrons. The number of ether oxygens (including phenoxy) is 1. The van der Waals surface area contributed by atoms with E-state index in [1.54, 1.807) is 0 Å². The molecule has 0 saturated carbocycles. The van der Waals surface area contributed by atoms with E-state index in [9.17, 15) is 0 Å². The van der Waals surface area contributed by atoms with Crippen LogP contribution in [0.4, 0.5) is 5.95 Å². The first-order chi connectivity index (χ1) is 9.25. The smallest absolute Gasteiger partial charge is 0.203 e. The van der Waals surface area contributed by atoms with Gasteiger partial charge in [0.15, 0.2) is 0 Å². The van der Waals surface area contributed by atoms with Crippen molar-refractivity contribution < 1.29 is 4.74 Å². The average molecular weight is 257 g/mol. The molecule has 1 aromatic heterocycles. The van der Waals surface area contributed by atoms with E-state index in [1.165, 1.54) is 5.56 Å². The van der Waals surface area contributed by atoms with E-state index in [4.69, 9.17) is 4.74 Å². The highest BCUT2D eigenvalue weighted by Gasteiger charge is 2.24. The maximum Gasteiger partial charge on any atom is 0.203 e. The molecular weight excluding hydrogens is 238 g/mol. The fourth-order valence-electron chi connectivity index (χ4n) is 2.55. The molecule has 0 saturated heterocycles. The lowest BCUT2D eigenvalue weighted by Crippen LogP contribution is -2.23. The molecule has 3 rings (SSSR count). The first-order valence-electron chi connectivity index (χ1n) is 6.77. The maximum absolute atomic E-state index is 5.72. The highest BCUT2D eigenvalue weighted by molar-refractivity contribution is 5.40. The lowest BCUT2D eigenvalue weighted by atomic mass is 10.0. The van der Waals surface area contributed by atoms with Gasteiger partial charge in [0.2, 0.25) is 5.95 Å². The van der Waals surface area contributed by atoms with Crippen LogP contribution in [-0.2, 0) is 0 Å². The van der Waals surface area contributed by atoms with Crippen molar-refractivity contribution in [3.63, 3.8) is 0 Å². The van der Waals surface area contributed by atoms with Gasteiger partial charge < -0.3 is 14.6 Å². The molecule has 4 heteroatoms. The maximum atomic E-state index is 5.72. The van der Waals surface area contributed by atoms with Crippen LogP contribution in [-0.4, -0.2) is 22.2 Å². The van der Waals surface area contributed by atoms with Gasteiger partial charge in [0, 0.05) is 30.4 Å². The Morgan fingerprint density at radius 3 is 3.05 bits per heavy atom. The van der Waals surface area contributed by atoms with Crippen LogP contribution in [0.25, 0.3) is 0 Å². The Balaban J connectivity index is 1.98. The molecule has 2 heterocycles. The van der Waals surface area contributed by atoms with Crippen molar-refractivity contribution in [1.29, 1.82) is 0 Å². The van der Waals surface area contributed by atoms with Crippen LogP contribution in [0.3, 0.4) is 0 Å². The fraction of sp³-hybridized carbons (Fsp3) is 0.400. The zero-order valence-electron chi connectivity index (χ0n) is 11.3. The summed E-state index contributed by atoms with van der Waals surface area (Å²) in [4.78, 5) is 4.42. The Bertz CT molecular complexity index is 562. The molecule has 0 amide bonds. The Morgan fingerprint density at radius 1 is 1.37 bits per heavy atom. The molecule has 1 atom stereocenters. The van der Waals surface area contributed by atoms with Gasteiger partial charge in [0.05, 0.1) is 12.6 Å². The van der Waals surface area contributed by atoms with E-state index in [0.717, 1.165) is 24.7 Å². The topological polar surface area (TPSA) is 39.1 Å². The van der Waals surface area contributed by atoms with Crippen molar-refractivity contribution in [2.75, 3.05) is 11.9 Å².